The van der Waals surface area contributed by atoms with Crippen LogP contribution < -0.4 is 5.32 Å². The van der Waals surface area contributed by atoms with Gasteiger partial charge in [0.15, 0.2) is 11.5 Å². The summed E-state index contributed by atoms with van der Waals surface area (Å²) in [5.41, 5.74) is 2.96. The van der Waals surface area contributed by atoms with Gasteiger partial charge >= 0.3 is 0 Å². The van der Waals surface area contributed by atoms with Crippen molar-refractivity contribution in [1.82, 2.24) is 14.4 Å². The number of hydrogen-bond acceptors (Lipinski definition) is 4. The quantitative estimate of drug-likeness (QED) is 0.753. The minimum Gasteiger partial charge on any atom is -0.370 e. The van der Waals surface area contributed by atoms with E-state index in [0.29, 0.717) is 0 Å². The molecule has 0 aliphatic rings. The van der Waals surface area contributed by atoms with Crippen molar-refractivity contribution in [2.75, 3.05) is 12.4 Å². The SMILES string of the molecule is C=Cc1cc2nc(NC)c3ncc(C)n3c2s1. The van der Waals surface area contributed by atoms with E-state index in [1.54, 1.807) is 11.3 Å². The zero-order valence-electron chi connectivity index (χ0n) is 9.69. The maximum absolute atomic E-state index is 4.57. The van der Waals surface area contributed by atoms with Crippen LogP contribution in [0.25, 0.3) is 22.1 Å². The molecule has 4 nitrogen and oxygen atoms in total. The second kappa shape index (κ2) is 3.56. The predicted molar refractivity (Wildman–Crippen MR) is 72.7 cm³/mol. The van der Waals surface area contributed by atoms with Gasteiger partial charge in [-0.1, -0.05) is 12.7 Å². The fraction of sp³-hybridized carbons (Fsp3) is 0.167. The number of imidazole rings is 1. The lowest BCUT2D eigenvalue weighted by Gasteiger charge is -2.04. The molecule has 5 heteroatoms. The molecule has 3 aromatic heterocycles. The van der Waals surface area contributed by atoms with E-state index in [0.717, 1.165) is 32.4 Å². The maximum atomic E-state index is 4.57. The highest BCUT2D eigenvalue weighted by atomic mass is 32.1. The Labute approximate surface area is 103 Å². The maximum Gasteiger partial charge on any atom is 0.181 e. The zero-order valence-corrected chi connectivity index (χ0v) is 10.5. The van der Waals surface area contributed by atoms with Crippen LogP contribution in [0, 0.1) is 6.92 Å². The van der Waals surface area contributed by atoms with E-state index in [1.807, 2.05) is 32.3 Å². The predicted octanol–water partition coefficient (Wildman–Crippen LogP) is 2.94. The van der Waals surface area contributed by atoms with Gasteiger partial charge in [0.25, 0.3) is 0 Å². The molecule has 3 heterocycles. The van der Waals surface area contributed by atoms with Crippen molar-refractivity contribution in [2.24, 2.45) is 0 Å². The summed E-state index contributed by atoms with van der Waals surface area (Å²) in [5, 5.41) is 3.09. The van der Waals surface area contributed by atoms with Crippen LogP contribution in [0.5, 0.6) is 0 Å². The molecule has 0 aliphatic heterocycles. The van der Waals surface area contributed by atoms with E-state index < -0.39 is 0 Å². The first-order valence-electron chi connectivity index (χ1n) is 5.32. The summed E-state index contributed by atoms with van der Waals surface area (Å²) >= 11 is 1.68. The van der Waals surface area contributed by atoms with Crippen molar-refractivity contribution in [3.63, 3.8) is 0 Å². The Morgan fingerprint density at radius 2 is 2.35 bits per heavy atom. The number of nitrogens with one attached hydrogen (secondary N) is 1. The fourth-order valence-electron chi connectivity index (χ4n) is 1.93. The number of hydrogen-bond donors (Lipinski definition) is 1. The van der Waals surface area contributed by atoms with Gasteiger partial charge in [-0.15, -0.1) is 11.3 Å². The molecule has 0 radical (unpaired) electrons. The van der Waals surface area contributed by atoms with Gasteiger partial charge in [-0.05, 0) is 13.0 Å². The highest BCUT2D eigenvalue weighted by Gasteiger charge is 2.12. The molecular weight excluding hydrogens is 232 g/mol. The Bertz CT molecular complexity index is 723. The lowest BCUT2D eigenvalue weighted by molar-refractivity contribution is 1.15. The van der Waals surface area contributed by atoms with Crippen LogP contribution in [0.4, 0.5) is 5.82 Å². The van der Waals surface area contributed by atoms with Crippen LogP contribution in [0.15, 0.2) is 18.8 Å². The van der Waals surface area contributed by atoms with Gasteiger partial charge in [0.05, 0.1) is 0 Å². The fourth-order valence-corrected chi connectivity index (χ4v) is 2.94. The van der Waals surface area contributed by atoms with Crippen molar-refractivity contribution in [1.29, 1.82) is 0 Å². The molecule has 86 valence electrons. The van der Waals surface area contributed by atoms with Crippen molar-refractivity contribution in [3.05, 3.63) is 29.4 Å². The summed E-state index contributed by atoms with van der Waals surface area (Å²) < 4.78 is 2.13. The largest absolute Gasteiger partial charge is 0.370 e. The first-order valence-corrected chi connectivity index (χ1v) is 6.14. The molecule has 0 spiro atoms. The van der Waals surface area contributed by atoms with E-state index >= 15 is 0 Å². The molecule has 0 saturated heterocycles. The second-order valence-corrected chi connectivity index (χ2v) is 4.87. The van der Waals surface area contributed by atoms with E-state index in [2.05, 4.69) is 26.3 Å². The minimum absolute atomic E-state index is 0.805. The third-order valence-electron chi connectivity index (χ3n) is 2.74. The molecule has 1 N–H and O–H groups in total. The lowest BCUT2D eigenvalue weighted by atomic mass is 10.4. The average Bonchev–Trinajstić information content (AvgIpc) is 2.91. The minimum atomic E-state index is 0.805. The Morgan fingerprint density at radius 1 is 1.53 bits per heavy atom. The Balaban J connectivity index is 2.54. The molecule has 3 aromatic rings. The number of nitrogens with zero attached hydrogens (tertiary/aromatic N) is 3. The van der Waals surface area contributed by atoms with Gasteiger partial charge in [-0.2, -0.15) is 0 Å². The summed E-state index contributed by atoms with van der Waals surface area (Å²) in [7, 11) is 1.86. The molecule has 0 fully saturated rings. The van der Waals surface area contributed by atoms with E-state index in [-0.39, 0.29) is 0 Å². The smallest absolute Gasteiger partial charge is 0.181 e. The van der Waals surface area contributed by atoms with Crippen molar-refractivity contribution < 1.29 is 0 Å². The summed E-state index contributed by atoms with van der Waals surface area (Å²) in [4.78, 5) is 11.2. The van der Waals surface area contributed by atoms with Crippen LogP contribution in [-0.2, 0) is 0 Å². The van der Waals surface area contributed by atoms with Gasteiger partial charge in [0.2, 0.25) is 0 Å². The standard InChI is InChI=1S/C12H12N4S/c1-4-8-5-9-12(17-8)16-7(2)6-14-11(16)10(13-3)15-9/h4-6H,1H2,2-3H3,(H,13,15). The van der Waals surface area contributed by atoms with Crippen molar-refractivity contribution in [2.45, 2.75) is 6.92 Å². The summed E-state index contributed by atoms with van der Waals surface area (Å²) in [6.07, 6.45) is 3.72. The number of rotatable bonds is 2. The molecule has 0 saturated carbocycles. The van der Waals surface area contributed by atoms with Crippen LogP contribution in [0.1, 0.15) is 10.6 Å². The van der Waals surface area contributed by atoms with E-state index in [1.165, 1.54) is 0 Å². The third-order valence-corrected chi connectivity index (χ3v) is 3.84. The Hall–Kier alpha value is -1.88. The van der Waals surface area contributed by atoms with Gasteiger partial charge in [0.1, 0.15) is 10.3 Å². The lowest BCUT2D eigenvalue weighted by Crippen LogP contribution is -1.98. The Kier molecular flexibility index (Phi) is 2.16. The van der Waals surface area contributed by atoms with E-state index in [4.69, 9.17) is 0 Å². The normalized spacial score (nSPS) is 11.2. The molecule has 0 atom stereocenters. The number of aryl methyl sites for hydroxylation is 1. The highest BCUT2D eigenvalue weighted by molar-refractivity contribution is 7.19. The van der Waals surface area contributed by atoms with Crippen LogP contribution in [-0.4, -0.2) is 21.4 Å². The molecule has 0 aromatic carbocycles. The van der Waals surface area contributed by atoms with Gasteiger partial charge in [-0.25, -0.2) is 9.97 Å². The molecule has 17 heavy (non-hydrogen) atoms. The first-order chi connectivity index (χ1) is 8.24. The summed E-state index contributed by atoms with van der Waals surface area (Å²) in [5.74, 6) is 0.805. The van der Waals surface area contributed by atoms with Gasteiger partial charge in [-0.3, -0.25) is 4.40 Å². The molecule has 0 unspecified atom stereocenters. The molecule has 3 rings (SSSR count). The third kappa shape index (κ3) is 1.36. The number of aromatic nitrogens is 3. The van der Waals surface area contributed by atoms with Crippen LogP contribution in [0.3, 0.4) is 0 Å². The number of fused-ring (bicyclic) bond motifs is 3. The van der Waals surface area contributed by atoms with Crippen LogP contribution in [0.2, 0.25) is 0 Å². The highest BCUT2D eigenvalue weighted by Crippen LogP contribution is 2.29. The second-order valence-electron chi connectivity index (χ2n) is 3.81. The number of thiophene rings is 1. The van der Waals surface area contributed by atoms with Gasteiger partial charge in [0, 0.05) is 23.8 Å². The summed E-state index contributed by atoms with van der Waals surface area (Å²) in [6, 6.07) is 2.05. The van der Waals surface area contributed by atoms with E-state index in [9.17, 15) is 0 Å². The zero-order chi connectivity index (χ0) is 12.0. The monoisotopic (exact) mass is 244 g/mol. The average molecular weight is 244 g/mol. The molecule has 0 bridgehead atoms. The summed E-state index contributed by atoms with van der Waals surface area (Å²) in [6.45, 7) is 5.85. The van der Waals surface area contributed by atoms with Crippen LogP contribution >= 0.6 is 11.3 Å². The topological polar surface area (TPSA) is 42.2 Å². The first kappa shape index (κ1) is 10.3. The van der Waals surface area contributed by atoms with Crippen molar-refractivity contribution in [3.8, 4) is 0 Å². The van der Waals surface area contributed by atoms with Gasteiger partial charge < -0.3 is 5.32 Å². The molecule has 0 aliphatic carbocycles. The number of anilines is 1. The molecule has 0 amide bonds. The molecular formula is C12H12N4S. The van der Waals surface area contributed by atoms with Crippen molar-refractivity contribution >= 4 is 39.2 Å². The Morgan fingerprint density at radius 3 is 3.06 bits per heavy atom.